The van der Waals surface area contributed by atoms with Gasteiger partial charge in [-0.05, 0) is 51.8 Å². The highest BCUT2D eigenvalue weighted by molar-refractivity contribution is 6.35. The van der Waals surface area contributed by atoms with Crippen LogP contribution in [0.2, 0.25) is 10.0 Å². The largest absolute Gasteiger partial charge is 0.487 e. The van der Waals surface area contributed by atoms with Gasteiger partial charge in [-0.25, -0.2) is 4.79 Å². The molecule has 0 radical (unpaired) electrons. The minimum Gasteiger partial charge on any atom is -0.487 e. The van der Waals surface area contributed by atoms with E-state index in [1.54, 1.807) is 29.4 Å². The Hall–Kier alpha value is -2.77. The first-order valence-corrected chi connectivity index (χ1v) is 12.0. The summed E-state index contributed by atoms with van der Waals surface area (Å²) in [6, 6.07) is 7.49. The number of nitrogens with zero attached hydrogens (tertiary/aromatic N) is 4. The molecule has 1 aromatic carbocycles. The van der Waals surface area contributed by atoms with Crippen LogP contribution in [-0.4, -0.2) is 44.4 Å². The first-order chi connectivity index (χ1) is 16.2. The fraction of sp³-hybridized carbons (Fsp3) is 0.400. The summed E-state index contributed by atoms with van der Waals surface area (Å²) >= 11 is 12.2. The number of rotatable bonds is 5. The standard InChI is InChI=1S/C25H28Cl2N4O3/c1-25(2,3)34-24(32)30-8-6-21(7-9-30)31-15-19(13-29-31)18-10-22(14-28-12-18)33-16-17-4-5-20(26)11-23(17)27/h4-5,10-15,21H,6-9,16H2,1-3H3. The molecule has 3 heterocycles. The first-order valence-electron chi connectivity index (χ1n) is 11.2. The molecule has 2 aromatic heterocycles. The molecular weight excluding hydrogens is 475 g/mol. The van der Waals surface area contributed by atoms with Gasteiger partial charge in [0.1, 0.15) is 18.0 Å². The molecule has 4 rings (SSSR count). The van der Waals surface area contributed by atoms with Crippen molar-refractivity contribution in [3.05, 3.63) is 64.7 Å². The van der Waals surface area contributed by atoms with E-state index in [4.69, 9.17) is 32.7 Å². The van der Waals surface area contributed by atoms with Crippen molar-refractivity contribution in [2.24, 2.45) is 0 Å². The van der Waals surface area contributed by atoms with Crippen LogP contribution in [0.5, 0.6) is 5.75 Å². The molecular formula is C25H28Cl2N4O3. The zero-order chi connectivity index (χ0) is 24.3. The van der Waals surface area contributed by atoms with Crippen molar-refractivity contribution in [3.8, 4) is 16.9 Å². The van der Waals surface area contributed by atoms with E-state index in [0.29, 0.717) is 35.5 Å². The molecule has 0 unspecified atom stereocenters. The van der Waals surface area contributed by atoms with E-state index >= 15 is 0 Å². The third-order valence-corrected chi connectivity index (χ3v) is 6.13. The van der Waals surface area contributed by atoms with E-state index < -0.39 is 5.60 Å². The minimum absolute atomic E-state index is 0.229. The van der Waals surface area contributed by atoms with Gasteiger partial charge in [-0.3, -0.25) is 9.67 Å². The highest BCUT2D eigenvalue weighted by Crippen LogP contribution is 2.28. The van der Waals surface area contributed by atoms with Crippen LogP contribution < -0.4 is 4.74 Å². The average molecular weight is 503 g/mol. The molecule has 1 saturated heterocycles. The maximum absolute atomic E-state index is 12.3. The van der Waals surface area contributed by atoms with Gasteiger partial charge < -0.3 is 14.4 Å². The Morgan fingerprint density at radius 2 is 1.85 bits per heavy atom. The predicted octanol–water partition coefficient (Wildman–Crippen LogP) is 6.40. The van der Waals surface area contributed by atoms with E-state index in [1.807, 2.05) is 50.0 Å². The number of pyridine rings is 1. The topological polar surface area (TPSA) is 69.5 Å². The molecule has 34 heavy (non-hydrogen) atoms. The van der Waals surface area contributed by atoms with Crippen molar-refractivity contribution < 1.29 is 14.3 Å². The van der Waals surface area contributed by atoms with Gasteiger partial charge in [0.25, 0.3) is 0 Å². The summed E-state index contributed by atoms with van der Waals surface area (Å²) in [5.74, 6) is 0.641. The van der Waals surface area contributed by atoms with Crippen LogP contribution in [0, 0.1) is 0 Å². The monoisotopic (exact) mass is 502 g/mol. The molecule has 9 heteroatoms. The summed E-state index contributed by atoms with van der Waals surface area (Å²) in [6.07, 6.45) is 8.70. The molecule has 1 amide bonds. The lowest BCUT2D eigenvalue weighted by Crippen LogP contribution is -2.42. The zero-order valence-electron chi connectivity index (χ0n) is 19.5. The Morgan fingerprint density at radius 3 is 2.56 bits per heavy atom. The number of halogens is 2. The Kier molecular flexibility index (Phi) is 7.33. The van der Waals surface area contributed by atoms with Crippen LogP contribution in [-0.2, 0) is 11.3 Å². The van der Waals surface area contributed by atoms with E-state index in [-0.39, 0.29) is 12.1 Å². The lowest BCUT2D eigenvalue weighted by atomic mass is 10.1. The SMILES string of the molecule is CC(C)(C)OC(=O)N1CCC(n2cc(-c3cncc(OCc4ccc(Cl)cc4Cl)c3)cn2)CC1. The van der Waals surface area contributed by atoms with Crippen molar-refractivity contribution in [2.75, 3.05) is 13.1 Å². The number of hydrogen-bond donors (Lipinski definition) is 0. The smallest absolute Gasteiger partial charge is 0.410 e. The summed E-state index contributed by atoms with van der Waals surface area (Å²) in [5, 5.41) is 5.73. The molecule has 0 N–H and O–H groups in total. The van der Waals surface area contributed by atoms with Crippen LogP contribution >= 0.6 is 23.2 Å². The number of ether oxygens (including phenoxy) is 2. The van der Waals surface area contributed by atoms with Crippen molar-refractivity contribution in [2.45, 2.75) is 51.9 Å². The fourth-order valence-electron chi connectivity index (χ4n) is 3.78. The van der Waals surface area contributed by atoms with Gasteiger partial charge in [0.15, 0.2) is 0 Å². The summed E-state index contributed by atoms with van der Waals surface area (Å²) in [4.78, 5) is 18.4. The van der Waals surface area contributed by atoms with E-state index in [2.05, 4.69) is 10.1 Å². The van der Waals surface area contributed by atoms with E-state index in [0.717, 1.165) is 29.5 Å². The van der Waals surface area contributed by atoms with Crippen LogP contribution in [0.1, 0.15) is 45.2 Å². The van der Waals surface area contributed by atoms with E-state index in [9.17, 15) is 4.79 Å². The fourth-order valence-corrected chi connectivity index (χ4v) is 4.24. The third kappa shape index (κ3) is 6.21. The summed E-state index contributed by atoms with van der Waals surface area (Å²) in [6.45, 7) is 7.25. The quantitative estimate of drug-likeness (QED) is 0.403. The van der Waals surface area contributed by atoms with Gasteiger partial charge in [0, 0.05) is 52.2 Å². The molecule has 0 spiro atoms. The van der Waals surface area contributed by atoms with Gasteiger partial charge >= 0.3 is 6.09 Å². The molecule has 7 nitrogen and oxygen atoms in total. The van der Waals surface area contributed by atoms with Crippen molar-refractivity contribution in [1.82, 2.24) is 19.7 Å². The number of likely N-dealkylation sites (tertiary alicyclic amines) is 1. The Morgan fingerprint density at radius 1 is 1.09 bits per heavy atom. The van der Waals surface area contributed by atoms with E-state index in [1.165, 1.54) is 0 Å². The molecule has 0 saturated carbocycles. The maximum atomic E-state index is 12.3. The first kappa shape index (κ1) is 24.4. The van der Waals surface area contributed by atoms with Gasteiger partial charge in [-0.15, -0.1) is 0 Å². The molecule has 1 aliphatic rings. The molecule has 0 bridgehead atoms. The lowest BCUT2D eigenvalue weighted by Gasteiger charge is -2.33. The Bertz CT molecular complexity index is 1150. The number of carbonyl (C=O) groups excluding carboxylic acids is 1. The van der Waals surface area contributed by atoms with Gasteiger partial charge in [-0.1, -0.05) is 29.3 Å². The van der Waals surface area contributed by atoms with Crippen LogP contribution in [0.3, 0.4) is 0 Å². The second-order valence-corrected chi connectivity index (χ2v) is 10.2. The maximum Gasteiger partial charge on any atom is 0.410 e. The molecule has 0 aliphatic carbocycles. The molecule has 0 atom stereocenters. The van der Waals surface area contributed by atoms with Crippen molar-refractivity contribution in [1.29, 1.82) is 0 Å². The third-order valence-electron chi connectivity index (χ3n) is 5.55. The second-order valence-electron chi connectivity index (χ2n) is 9.34. The van der Waals surface area contributed by atoms with Crippen LogP contribution in [0.25, 0.3) is 11.1 Å². The summed E-state index contributed by atoms with van der Waals surface area (Å²) < 4.78 is 13.4. The lowest BCUT2D eigenvalue weighted by molar-refractivity contribution is 0.0185. The Labute approximate surface area is 209 Å². The minimum atomic E-state index is -0.488. The number of carbonyl (C=O) groups is 1. The second kappa shape index (κ2) is 10.2. The predicted molar refractivity (Wildman–Crippen MR) is 132 cm³/mol. The number of aromatic nitrogens is 3. The summed E-state index contributed by atoms with van der Waals surface area (Å²) in [5.41, 5.74) is 2.23. The number of amides is 1. The number of benzene rings is 1. The summed E-state index contributed by atoms with van der Waals surface area (Å²) in [7, 11) is 0. The Balaban J connectivity index is 1.36. The number of piperidine rings is 1. The molecule has 3 aromatic rings. The number of hydrogen-bond acceptors (Lipinski definition) is 5. The van der Waals surface area contributed by atoms with Crippen molar-refractivity contribution >= 4 is 29.3 Å². The van der Waals surface area contributed by atoms with Crippen LogP contribution in [0.15, 0.2) is 49.1 Å². The van der Waals surface area contributed by atoms with Gasteiger partial charge in [-0.2, -0.15) is 5.10 Å². The molecule has 1 fully saturated rings. The van der Waals surface area contributed by atoms with Gasteiger partial charge in [0.2, 0.25) is 0 Å². The van der Waals surface area contributed by atoms with Gasteiger partial charge in [0.05, 0.1) is 18.4 Å². The normalized spacial score (nSPS) is 14.8. The highest BCUT2D eigenvalue weighted by atomic mass is 35.5. The van der Waals surface area contributed by atoms with Crippen molar-refractivity contribution in [3.63, 3.8) is 0 Å². The molecule has 1 aliphatic heterocycles. The molecule has 180 valence electrons. The highest BCUT2D eigenvalue weighted by Gasteiger charge is 2.28. The van der Waals surface area contributed by atoms with Crippen LogP contribution in [0.4, 0.5) is 4.79 Å². The average Bonchev–Trinajstić information content (AvgIpc) is 3.28. The zero-order valence-corrected chi connectivity index (χ0v) is 21.0.